The Hall–Kier alpha value is -0.460. The second-order valence-electron chi connectivity index (χ2n) is 4.47. The number of hydrogen-bond donors (Lipinski definition) is 1. The molecular weight excluding hydrogens is 304 g/mol. The van der Waals surface area contributed by atoms with Crippen LogP contribution in [0, 0.1) is 5.92 Å². The number of nitrogens with one attached hydrogen (secondary N) is 1. The largest absolute Gasteiger partial charge is 0.262 e. The number of hydrogen-bond acceptors (Lipinski definition) is 3. The molecule has 1 N–H and O–H groups in total. The van der Waals surface area contributed by atoms with Crippen LogP contribution in [0.5, 0.6) is 0 Å². The Morgan fingerprint density at radius 1 is 1.41 bits per heavy atom. The van der Waals surface area contributed by atoms with E-state index in [9.17, 15) is 8.42 Å². The first-order valence-electron chi connectivity index (χ1n) is 5.62. The Morgan fingerprint density at radius 2 is 2.18 bits per heavy atom. The highest BCUT2D eigenvalue weighted by atomic mass is 79.9. The number of pyridine rings is 1. The molecule has 0 aromatic carbocycles. The molecule has 1 aliphatic carbocycles. The van der Waals surface area contributed by atoms with E-state index in [0.717, 1.165) is 19.3 Å². The summed E-state index contributed by atoms with van der Waals surface area (Å²) in [6, 6.07) is 1.62. The van der Waals surface area contributed by atoms with E-state index < -0.39 is 10.0 Å². The SMILES string of the molecule is CC1CCCC1NS(=O)(=O)c1cncc(Br)c1. The summed E-state index contributed by atoms with van der Waals surface area (Å²) in [4.78, 5) is 4.09. The van der Waals surface area contributed by atoms with Gasteiger partial charge in [-0.25, -0.2) is 13.1 Å². The molecule has 0 aliphatic heterocycles. The van der Waals surface area contributed by atoms with Gasteiger partial charge in [-0.05, 0) is 40.8 Å². The highest BCUT2D eigenvalue weighted by Crippen LogP contribution is 2.26. The van der Waals surface area contributed by atoms with Gasteiger partial charge in [0.25, 0.3) is 0 Å². The third-order valence-corrected chi connectivity index (χ3v) is 5.05. The average molecular weight is 319 g/mol. The monoisotopic (exact) mass is 318 g/mol. The molecule has 0 radical (unpaired) electrons. The highest BCUT2D eigenvalue weighted by Gasteiger charge is 2.28. The van der Waals surface area contributed by atoms with Crippen molar-refractivity contribution in [1.82, 2.24) is 9.71 Å². The van der Waals surface area contributed by atoms with E-state index in [0.29, 0.717) is 10.4 Å². The first-order chi connectivity index (χ1) is 7.99. The van der Waals surface area contributed by atoms with Crippen molar-refractivity contribution in [2.75, 3.05) is 0 Å². The van der Waals surface area contributed by atoms with Gasteiger partial charge >= 0.3 is 0 Å². The molecule has 1 aliphatic rings. The van der Waals surface area contributed by atoms with Crippen LogP contribution in [0.25, 0.3) is 0 Å². The van der Waals surface area contributed by atoms with Gasteiger partial charge in [0.05, 0.1) is 0 Å². The lowest BCUT2D eigenvalue weighted by Gasteiger charge is -2.17. The summed E-state index contributed by atoms with van der Waals surface area (Å²) in [7, 11) is -3.44. The molecule has 2 unspecified atom stereocenters. The van der Waals surface area contributed by atoms with E-state index in [1.54, 1.807) is 12.3 Å². The molecular formula is C11H15BrN2O2S. The van der Waals surface area contributed by atoms with Gasteiger partial charge in [0.15, 0.2) is 0 Å². The first kappa shape index (κ1) is 13.0. The molecule has 94 valence electrons. The highest BCUT2D eigenvalue weighted by molar-refractivity contribution is 9.10. The van der Waals surface area contributed by atoms with E-state index in [1.807, 2.05) is 0 Å². The van der Waals surface area contributed by atoms with Gasteiger partial charge in [0.1, 0.15) is 4.90 Å². The third kappa shape index (κ3) is 3.05. The molecule has 2 rings (SSSR count). The van der Waals surface area contributed by atoms with Gasteiger partial charge in [-0.1, -0.05) is 13.3 Å². The molecule has 2 atom stereocenters. The maximum atomic E-state index is 12.1. The Labute approximate surface area is 110 Å². The van der Waals surface area contributed by atoms with Crippen molar-refractivity contribution in [3.63, 3.8) is 0 Å². The fourth-order valence-corrected chi connectivity index (χ4v) is 4.01. The number of nitrogens with zero attached hydrogens (tertiary/aromatic N) is 1. The van der Waals surface area contributed by atoms with Crippen molar-refractivity contribution >= 4 is 26.0 Å². The fraction of sp³-hybridized carbons (Fsp3) is 0.545. The van der Waals surface area contributed by atoms with Crippen LogP contribution in [0.15, 0.2) is 27.8 Å². The van der Waals surface area contributed by atoms with Crippen molar-refractivity contribution in [2.45, 2.75) is 37.1 Å². The minimum Gasteiger partial charge on any atom is -0.262 e. The van der Waals surface area contributed by atoms with Crippen LogP contribution in [0.4, 0.5) is 0 Å². The topological polar surface area (TPSA) is 59.1 Å². The second kappa shape index (κ2) is 5.04. The van der Waals surface area contributed by atoms with E-state index in [1.165, 1.54) is 6.20 Å². The van der Waals surface area contributed by atoms with Gasteiger partial charge in [-0.2, -0.15) is 0 Å². The third-order valence-electron chi connectivity index (χ3n) is 3.16. The maximum absolute atomic E-state index is 12.1. The predicted octanol–water partition coefficient (Wildman–Crippen LogP) is 2.31. The van der Waals surface area contributed by atoms with Crippen LogP contribution in [0.3, 0.4) is 0 Å². The summed E-state index contributed by atoms with van der Waals surface area (Å²) in [5.74, 6) is 0.407. The van der Waals surface area contributed by atoms with Crippen LogP contribution in [0.1, 0.15) is 26.2 Å². The Bertz CT molecular complexity index is 504. The summed E-state index contributed by atoms with van der Waals surface area (Å²) in [5.41, 5.74) is 0. The van der Waals surface area contributed by atoms with Gasteiger partial charge < -0.3 is 0 Å². The molecule has 0 saturated heterocycles. The van der Waals surface area contributed by atoms with Crippen molar-refractivity contribution < 1.29 is 8.42 Å². The standard InChI is InChI=1S/C11H15BrN2O2S/c1-8-3-2-4-11(8)14-17(15,16)10-5-9(12)6-13-7-10/h5-8,11,14H,2-4H2,1H3. The molecule has 0 spiro atoms. The smallest absolute Gasteiger partial charge is 0.242 e. The zero-order chi connectivity index (χ0) is 12.5. The average Bonchev–Trinajstić information content (AvgIpc) is 2.64. The summed E-state index contributed by atoms with van der Waals surface area (Å²) in [6.07, 6.45) is 6.03. The number of halogens is 1. The Morgan fingerprint density at radius 3 is 2.76 bits per heavy atom. The van der Waals surface area contributed by atoms with E-state index >= 15 is 0 Å². The molecule has 1 aromatic heterocycles. The molecule has 6 heteroatoms. The molecule has 0 amide bonds. The molecule has 0 bridgehead atoms. The summed E-state index contributed by atoms with van der Waals surface area (Å²) < 4.78 is 27.7. The molecule has 17 heavy (non-hydrogen) atoms. The van der Waals surface area contributed by atoms with Crippen LogP contribution < -0.4 is 4.72 Å². The van der Waals surface area contributed by atoms with Gasteiger partial charge in [0.2, 0.25) is 10.0 Å². The van der Waals surface area contributed by atoms with Crippen LogP contribution in [-0.4, -0.2) is 19.4 Å². The minimum atomic E-state index is -3.44. The Balaban J connectivity index is 2.19. The zero-order valence-corrected chi connectivity index (χ0v) is 12.0. The fourth-order valence-electron chi connectivity index (χ4n) is 2.13. The minimum absolute atomic E-state index is 0.0546. The zero-order valence-electron chi connectivity index (χ0n) is 9.56. The van der Waals surface area contributed by atoms with Crippen LogP contribution in [-0.2, 0) is 10.0 Å². The Kier molecular flexibility index (Phi) is 3.85. The quantitative estimate of drug-likeness (QED) is 0.930. The summed E-state index contributed by atoms with van der Waals surface area (Å²) >= 11 is 3.22. The summed E-state index contributed by atoms with van der Waals surface area (Å²) in [5, 5.41) is 0. The molecule has 4 nitrogen and oxygen atoms in total. The predicted molar refractivity (Wildman–Crippen MR) is 69.1 cm³/mol. The van der Waals surface area contributed by atoms with Crippen molar-refractivity contribution in [3.05, 3.63) is 22.9 Å². The van der Waals surface area contributed by atoms with Crippen LogP contribution >= 0.6 is 15.9 Å². The maximum Gasteiger partial charge on any atom is 0.242 e. The van der Waals surface area contributed by atoms with Crippen molar-refractivity contribution in [2.24, 2.45) is 5.92 Å². The van der Waals surface area contributed by atoms with Crippen LogP contribution in [0.2, 0.25) is 0 Å². The van der Waals surface area contributed by atoms with Gasteiger partial charge in [-0.15, -0.1) is 0 Å². The van der Waals surface area contributed by atoms with E-state index in [2.05, 4.69) is 32.6 Å². The van der Waals surface area contributed by atoms with E-state index in [4.69, 9.17) is 0 Å². The molecule has 1 aromatic rings. The number of rotatable bonds is 3. The second-order valence-corrected chi connectivity index (χ2v) is 7.10. The van der Waals surface area contributed by atoms with E-state index in [-0.39, 0.29) is 10.9 Å². The lowest BCUT2D eigenvalue weighted by molar-refractivity contribution is 0.476. The number of sulfonamides is 1. The number of aromatic nitrogens is 1. The molecule has 1 saturated carbocycles. The first-order valence-corrected chi connectivity index (χ1v) is 7.89. The lowest BCUT2D eigenvalue weighted by atomic mass is 10.1. The molecule has 1 fully saturated rings. The van der Waals surface area contributed by atoms with Gasteiger partial charge in [-0.3, -0.25) is 4.98 Å². The normalized spacial score (nSPS) is 25.1. The summed E-state index contributed by atoms with van der Waals surface area (Å²) in [6.45, 7) is 2.08. The van der Waals surface area contributed by atoms with Crippen molar-refractivity contribution in [1.29, 1.82) is 0 Å². The lowest BCUT2D eigenvalue weighted by Crippen LogP contribution is -2.36. The van der Waals surface area contributed by atoms with Crippen molar-refractivity contribution in [3.8, 4) is 0 Å². The van der Waals surface area contributed by atoms with Gasteiger partial charge in [0, 0.05) is 22.9 Å². The molecule has 1 heterocycles.